The van der Waals surface area contributed by atoms with E-state index in [0.29, 0.717) is 16.3 Å². The molecule has 2 nitrogen and oxygen atoms in total. The maximum atomic E-state index is 13.1. The van der Waals surface area contributed by atoms with Gasteiger partial charge in [-0.15, -0.1) is 0 Å². The predicted molar refractivity (Wildman–Crippen MR) is 69.8 cm³/mol. The summed E-state index contributed by atoms with van der Waals surface area (Å²) in [7, 11) is 1.97. The number of rotatable bonds is 3. The van der Waals surface area contributed by atoms with E-state index in [4.69, 9.17) is 4.74 Å². The third kappa shape index (κ3) is 2.33. The van der Waals surface area contributed by atoms with Crippen LogP contribution in [0.25, 0.3) is 0 Å². The number of hydrogen-bond donors (Lipinski definition) is 1. The second-order valence-electron chi connectivity index (χ2n) is 5.08. The van der Waals surface area contributed by atoms with Crippen LogP contribution in [0, 0.1) is 11.2 Å². The first kappa shape index (κ1) is 12.8. The van der Waals surface area contributed by atoms with Gasteiger partial charge in [-0.25, -0.2) is 4.39 Å². The fraction of sp³-hybridized carbons (Fsp3) is 0.538. The van der Waals surface area contributed by atoms with Gasteiger partial charge in [0.15, 0.2) is 0 Å². The predicted octanol–water partition coefficient (Wildman–Crippen LogP) is 3.35. The Balaban J connectivity index is 2.05. The van der Waals surface area contributed by atoms with Gasteiger partial charge in [0, 0.05) is 17.9 Å². The van der Waals surface area contributed by atoms with Crippen molar-refractivity contribution in [3.63, 3.8) is 0 Å². The lowest BCUT2D eigenvalue weighted by atomic mass is 9.64. The molecule has 0 aliphatic heterocycles. The molecular weight excluding hydrogens is 285 g/mol. The van der Waals surface area contributed by atoms with Crippen molar-refractivity contribution >= 4 is 15.9 Å². The van der Waals surface area contributed by atoms with Crippen molar-refractivity contribution in [2.75, 3.05) is 7.05 Å². The highest BCUT2D eigenvalue weighted by Crippen LogP contribution is 2.43. The minimum Gasteiger partial charge on any atom is -0.490 e. The van der Waals surface area contributed by atoms with Gasteiger partial charge in [0.2, 0.25) is 0 Å². The zero-order valence-corrected chi connectivity index (χ0v) is 11.8. The number of ether oxygens (including phenoxy) is 1. The summed E-state index contributed by atoms with van der Waals surface area (Å²) in [4.78, 5) is 0. The van der Waals surface area contributed by atoms with Crippen molar-refractivity contribution in [2.24, 2.45) is 5.41 Å². The SMILES string of the molecule is CNC1CC(Oc2ccc(F)c(Br)c2)C1(C)C. The van der Waals surface area contributed by atoms with Gasteiger partial charge in [0.1, 0.15) is 17.7 Å². The van der Waals surface area contributed by atoms with Crippen LogP contribution in [0.4, 0.5) is 4.39 Å². The lowest BCUT2D eigenvalue weighted by Crippen LogP contribution is -2.61. The van der Waals surface area contributed by atoms with Crippen LogP contribution in [0.2, 0.25) is 0 Å². The molecular formula is C13H17BrFNO. The van der Waals surface area contributed by atoms with Gasteiger partial charge in [-0.3, -0.25) is 0 Å². The van der Waals surface area contributed by atoms with Crippen molar-refractivity contribution in [1.82, 2.24) is 5.32 Å². The molecule has 94 valence electrons. The van der Waals surface area contributed by atoms with Crippen LogP contribution in [0.5, 0.6) is 5.75 Å². The zero-order chi connectivity index (χ0) is 12.6. The first-order valence-corrected chi connectivity index (χ1v) is 6.53. The molecule has 1 aromatic rings. The molecule has 2 unspecified atom stereocenters. The Morgan fingerprint density at radius 2 is 2.18 bits per heavy atom. The molecule has 2 atom stereocenters. The molecule has 0 radical (unpaired) electrons. The fourth-order valence-corrected chi connectivity index (χ4v) is 2.65. The van der Waals surface area contributed by atoms with Crippen LogP contribution in [-0.4, -0.2) is 19.2 Å². The molecule has 0 spiro atoms. The normalized spacial score (nSPS) is 26.4. The van der Waals surface area contributed by atoms with E-state index in [1.807, 2.05) is 7.05 Å². The highest BCUT2D eigenvalue weighted by molar-refractivity contribution is 9.10. The third-order valence-electron chi connectivity index (χ3n) is 3.70. The van der Waals surface area contributed by atoms with Gasteiger partial charge in [-0.05, 0) is 41.2 Å². The van der Waals surface area contributed by atoms with E-state index in [1.165, 1.54) is 6.07 Å². The largest absolute Gasteiger partial charge is 0.490 e. The van der Waals surface area contributed by atoms with E-state index in [2.05, 4.69) is 35.1 Å². The number of halogens is 2. The van der Waals surface area contributed by atoms with Crippen LogP contribution >= 0.6 is 15.9 Å². The molecule has 1 saturated carbocycles. The Kier molecular flexibility index (Phi) is 3.46. The van der Waals surface area contributed by atoms with E-state index in [9.17, 15) is 4.39 Å². The van der Waals surface area contributed by atoms with Gasteiger partial charge in [-0.2, -0.15) is 0 Å². The second kappa shape index (κ2) is 4.58. The monoisotopic (exact) mass is 301 g/mol. The maximum Gasteiger partial charge on any atom is 0.137 e. The third-order valence-corrected chi connectivity index (χ3v) is 4.30. The minimum absolute atomic E-state index is 0.107. The average Bonchev–Trinajstić information content (AvgIpc) is 2.28. The molecule has 0 saturated heterocycles. The van der Waals surface area contributed by atoms with E-state index < -0.39 is 0 Å². The molecule has 0 bridgehead atoms. The van der Waals surface area contributed by atoms with Crippen LogP contribution in [0.15, 0.2) is 22.7 Å². The smallest absolute Gasteiger partial charge is 0.137 e. The summed E-state index contributed by atoms with van der Waals surface area (Å²) in [6, 6.07) is 5.25. The van der Waals surface area contributed by atoms with Crippen LogP contribution < -0.4 is 10.1 Å². The number of benzene rings is 1. The van der Waals surface area contributed by atoms with E-state index in [0.717, 1.165) is 6.42 Å². The summed E-state index contributed by atoms with van der Waals surface area (Å²) < 4.78 is 19.4. The molecule has 1 aliphatic rings. The summed E-state index contributed by atoms with van der Waals surface area (Å²) in [6.07, 6.45) is 1.16. The average molecular weight is 302 g/mol. The molecule has 0 amide bonds. The summed E-state index contributed by atoms with van der Waals surface area (Å²) in [6.45, 7) is 4.36. The quantitative estimate of drug-likeness (QED) is 0.924. The summed E-state index contributed by atoms with van der Waals surface area (Å²) in [5, 5.41) is 3.28. The second-order valence-corrected chi connectivity index (χ2v) is 5.94. The molecule has 4 heteroatoms. The zero-order valence-electron chi connectivity index (χ0n) is 10.3. The van der Waals surface area contributed by atoms with Crippen molar-refractivity contribution < 1.29 is 9.13 Å². The molecule has 1 aromatic carbocycles. The molecule has 1 aliphatic carbocycles. The van der Waals surface area contributed by atoms with Crippen molar-refractivity contribution in [3.8, 4) is 5.75 Å². The standard InChI is InChI=1S/C13H17BrFNO/c1-13(2)11(16-3)7-12(13)17-8-4-5-10(15)9(14)6-8/h4-6,11-12,16H,7H2,1-3H3. The summed E-state index contributed by atoms with van der Waals surface area (Å²) >= 11 is 3.16. The summed E-state index contributed by atoms with van der Waals surface area (Å²) in [5.41, 5.74) is 0.107. The minimum atomic E-state index is -0.265. The Hall–Kier alpha value is -0.610. The first-order chi connectivity index (χ1) is 7.95. The Bertz CT molecular complexity index is 422. The Morgan fingerprint density at radius 3 is 2.71 bits per heavy atom. The molecule has 17 heavy (non-hydrogen) atoms. The highest BCUT2D eigenvalue weighted by Gasteiger charge is 2.49. The molecule has 2 rings (SSSR count). The lowest BCUT2D eigenvalue weighted by molar-refractivity contribution is -0.0521. The number of hydrogen-bond acceptors (Lipinski definition) is 2. The van der Waals surface area contributed by atoms with Crippen molar-refractivity contribution in [3.05, 3.63) is 28.5 Å². The van der Waals surface area contributed by atoms with Gasteiger partial charge < -0.3 is 10.1 Å². The van der Waals surface area contributed by atoms with Gasteiger partial charge in [0.25, 0.3) is 0 Å². The van der Waals surface area contributed by atoms with Crippen LogP contribution in [0.3, 0.4) is 0 Å². The Morgan fingerprint density at radius 1 is 1.47 bits per heavy atom. The highest BCUT2D eigenvalue weighted by atomic mass is 79.9. The number of nitrogens with one attached hydrogen (secondary N) is 1. The van der Waals surface area contributed by atoms with E-state index >= 15 is 0 Å². The van der Waals surface area contributed by atoms with E-state index in [-0.39, 0.29) is 17.3 Å². The lowest BCUT2D eigenvalue weighted by Gasteiger charge is -2.51. The van der Waals surface area contributed by atoms with Crippen LogP contribution in [0.1, 0.15) is 20.3 Å². The van der Waals surface area contributed by atoms with Gasteiger partial charge in [0.05, 0.1) is 4.47 Å². The van der Waals surface area contributed by atoms with Crippen LogP contribution in [-0.2, 0) is 0 Å². The van der Waals surface area contributed by atoms with E-state index in [1.54, 1.807) is 12.1 Å². The van der Waals surface area contributed by atoms with Crippen molar-refractivity contribution in [2.45, 2.75) is 32.4 Å². The topological polar surface area (TPSA) is 21.3 Å². The summed E-state index contributed by atoms with van der Waals surface area (Å²) in [5.74, 6) is 0.448. The molecule has 0 aromatic heterocycles. The maximum absolute atomic E-state index is 13.1. The Labute approximate surface area is 110 Å². The first-order valence-electron chi connectivity index (χ1n) is 5.74. The molecule has 1 fully saturated rings. The molecule has 1 N–H and O–H groups in total. The van der Waals surface area contributed by atoms with Gasteiger partial charge >= 0.3 is 0 Å². The molecule has 0 heterocycles. The van der Waals surface area contributed by atoms with Gasteiger partial charge in [-0.1, -0.05) is 13.8 Å². The van der Waals surface area contributed by atoms with Crippen molar-refractivity contribution in [1.29, 1.82) is 0 Å². The fourth-order valence-electron chi connectivity index (χ4n) is 2.29.